The van der Waals surface area contributed by atoms with Crippen LogP contribution in [0.15, 0.2) is 108 Å². The zero-order valence-corrected chi connectivity index (χ0v) is 19.6. The fourth-order valence-corrected chi connectivity index (χ4v) is 5.16. The second-order valence-corrected chi connectivity index (χ2v) is 9.81. The van der Waals surface area contributed by atoms with E-state index in [2.05, 4.69) is 27.5 Å². The molecule has 0 aliphatic heterocycles. The quantitative estimate of drug-likeness (QED) is 0.335. The van der Waals surface area contributed by atoms with Crippen molar-refractivity contribution in [1.29, 1.82) is 5.26 Å². The lowest BCUT2D eigenvalue weighted by atomic mass is 10.1. The second-order valence-electron chi connectivity index (χ2n) is 8.13. The zero-order valence-electron chi connectivity index (χ0n) is 18.8. The molecule has 1 N–H and O–H groups in total. The Bertz CT molecular complexity index is 1630. The highest BCUT2D eigenvalue weighted by Crippen LogP contribution is 2.23. The van der Waals surface area contributed by atoms with Crippen molar-refractivity contribution in [1.82, 2.24) is 9.55 Å². The summed E-state index contributed by atoms with van der Waals surface area (Å²) in [7, 11) is -3.78. The van der Waals surface area contributed by atoms with Crippen LogP contribution in [0, 0.1) is 11.3 Å². The number of imidazole rings is 1. The monoisotopic (exact) mass is 478 g/mol. The lowest BCUT2D eigenvalue weighted by molar-refractivity contribution is 0.601. The molecule has 0 fully saturated rings. The van der Waals surface area contributed by atoms with E-state index in [0.29, 0.717) is 11.3 Å². The van der Waals surface area contributed by atoms with Gasteiger partial charge in [0.1, 0.15) is 5.82 Å². The molecule has 0 aliphatic carbocycles. The minimum absolute atomic E-state index is 0.0560. The molecule has 5 rings (SSSR count). The molecule has 7 heteroatoms. The SMILES string of the molecule is N#Cc1cccc(S(=O)(=O)Nc2ccc(CCc3nc4ccccc4n3-c3ccccc3)cc2)c1. The van der Waals surface area contributed by atoms with Crippen molar-refractivity contribution in [2.24, 2.45) is 0 Å². The Labute approximate surface area is 204 Å². The number of hydrogen-bond donors (Lipinski definition) is 1. The molecule has 35 heavy (non-hydrogen) atoms. The predicted molar refractivity (Wildman–Crippen MR) is 137 cm³/mol. The molecule has 0 saturated heterocycles. The van der Waals surface area contributed by atoms with E-state index < -0.39 is 10.0 Å². The number of hydrogen-bond acceptors (Lipinski definition) is 4. The van der Waals surface area contributed by atoms with Crippen LogP contribution in [0.3, 0.4) is 0 Å². The number of para-hydroxylation sites is 3. The van der Waals surface area contributed by atoms with Crippen LogP contribution in [0.1, 0.15) is 17.0 Å². The summed E-state index contributed by atoms with van der Waals surface area (Å²) < 4.78 is 30.2. The Balaban J connectivity index is 1.34. The number of fused-ring (bicyclic) bond motifs is 1. The largest absolute Gasteiger partial charge is 0.296 e. The Morgan fingerprint density at radius 2 is 1.57 bits per heavy atom. The van der Waals surface area contributed by atoms with Crippen molar-refractivity contribution in [3.63, 3.8) is 0 Å². The van der Waals surface area contributed by atoms with Gasteiger partial charge in [0.25, 0.3) is 10.0 Å². The Morgan fingerprint density at radius 1 is 0.829 bits per heavy atom. The van der Waals surface area contributed by atoms with Crippen LogP contribution in [0.5, 0.6) is 0 Å². The number of anilines is 1. The van der Waals surface area contributed by atoms with E-state index >= 15 is 0 Å². The van der Waals surface area contributed by atoms with Gasteiger partial charge in [-0.3, -0.25) is 9.29 Å². The molecule has 0 aliphatic rings. The molecule has 0 radical (unpaired) electrons. The van der Waals surface area contributed by atoms with E-state index in [1.807, 2.05) is 54.6 Å². The molecule has 1 aromatic heterocycles. The van der Waals surface area contributed by atoms with Gasteiger partial charge in [-0.15, -0.1) is 0 Å². The third-order valence-electron chi connectivity index (χ3n) is 5.76. The second kappa shape index (κ2) is 9.45. The molecular weight excluding hydrogens is 456 g/mol. The van der Waals surface area contributed by atoms with Gasteiger partial charge in [-0.2, -0.15) is 5.26 Å². The maximum Gasteiger partial charge on any atom is 0.261 e. The van der Waals surface area contributed by atoms with Gasteiger partial charge in [0.05, 0.1) is 27.6 Å². The lowest BCUT2D eigenvalue weighted by Gasteiger charge is -2.11. The maximum atomic E-state index is 12.7. The lowest BCUT2D eigenvalue weighted by Crippen LogP contribution is -2.13. The summed E-state index contributed by atoms with van der Waals surface area (Å²) in [6, 6.07) is 33.5. The fraction of sp³-hybridized carbons (Fsp3) is 0.0714. The molecule has 0 bridgehead atoms. The van der Waals surface area contributed by atoms with Crippen molar-refractivity contribution in [3.05, 3.63) is 120 Å². The summed E-state index contributed by atoms with van der Waals surface area (Å²) in [6.07, 6.45) is 1.49. The van der Waals surface area contributed by atoms with Crippen molar-refractivity contribution in [2.75, 3.05) is 4.72 Å². The molecule has 0 spiro atoms. The number of aromatic nitrogens is 2. The average molecular weight is 479 g/mol. The van der Waals surface area contributed by atoms with Gasteiger partial charge in [0.15, 0.2) is 0 Å². The van der Waals surface area contributed by atoms with E-state index in [1.165, 1.54) is 12.1 Å². The molecule has 0 amide bonds. The summed E-state index contributed by atoms with van der Waals surface area (Å²) >= 11 is 0. The van der Waals surface area contributed by atoms with E-state index in [0.717, 1.165) is 41.0 Å². The standard InChI is InChI=1S/C28H22N4O2S/c29-20-22-7-6-10-25(19-22)35(33,34)31-23-16-13-21(14-17-23)15-18-28-30-26-11-4-5-12-27(26)32(28)24-8-2-1-3-9-24/h1-14,16-17,19,31H,15,18H2. The van der Waals surface area contributed by atoms with Gasteiger partial charge in [0, 0.05) is 17.8 Å². The summed E-state index contributed by atoms with van der Waals surface area (Å²) in [5.74, 6) is 0.972. The van der Waals surface area contributed by atoms with Crippen molar-refractivity contribution < 1.29 is 8.42 Å². The molecule has 0 atom stereocenters. The number of benzene rings is 4. The summed E-state index contributed by atoms with van der Waals surface area (Å²) in [5.41, 5.74) is 4.93. The van der Waals surface area contributed by atoms with Crippen LogP contribution in [-0.2, 0) is 22.9 Å². The number of nitriles is 1. The zero-order chi connectivity index (χ0) is 24.3. The minimum Gasteiger partial charge on any atom is -0.296 e. The smallest absolute Gasteiger partial charge is 0.261 e. The highest BCUT2D eigenvalue weighted by molar-refractivity contribution is 7.92. The van der Waals surface area contributed by atoms with E-state index in [1.54, 1.807) is 24.3 Å². The first-order valence-electron chi connectivity index (χ1n) is 11.2. The topological polar surface area (TPSA) is 87.8 Å². The first-order chi connectivity index (χ1) is 17.0. The normalized spacial score (nSPS) is 11.3. The number of nitrogens with zero attached hydrogens (tertiary/aromatic N) is 3. The van der Waals surface area contributed by atoms with Gasteiger partial charge in [-0.1, -0.05) is 48.5 Å². The number of aryl methyl sites for hydroxylation is 2. The Morgan fingerprint density at radius 3 is 2.34 bits per heavy atom. The van der Waals surface area contributed by atoms with Crippen LogP contribution in [0.4, 0.5) is 5.69 Å². The number of sulfonamides is 1. The number of nitrogens with one attached hydrogen (secondary N) is 1. The molecule has 5 aromatic rings. The van der Waals surface area contributed by atoms with Crippen molar-refractivity contribution in [3.8, 4) is 11.8 Å². The average Bonchev–Trinajstić information content (AvgIpc) is 3.27. The predicted octanol–water partition coefficient (Wildman–Crippen LogP) is 5.48. The molecule has 1 heterocycles. The third kappa shape index (κ3) is 4.79. The van der Waals surface area contributed by atoms with Crippen LogP contribution in [-0.4, -0.2) is 18.0 Å². The van der Waals surface area contributed by atoms with Crippen LogP contribution >= 0.6 is 0 Å². The van der Waals surface area contributed by atoms with E-state index in [9.17, 15) is 8.42 Å². The first-order valence-corrected chi connectivity index (χ1v) is 12.7. The molecule has 172 valence electrons. The molecular formula is C28H22N4O2S. The maximum absolute atomic E-state index is 12.7. The van der Waals surface area contributed by atoms with Gasteiger partial charge >= 0.3 is 0 Å². The Kier molecular flexibility index (Phi) is 6.04. The van der Waals surface area contributed by atoms with Crippen LogP contribution in [0.25, 0.3) is 16.7 Å². The van der Waals surface area contributed by atoms with E-state index in [4.69, 9.17) is 10.2 Å². The van der Waals surface area contributed by atoms with Crippen LogP contribution < -0.4 is 4.72 Å². The molecule has 6 nitrogen and oxygen atoms in total. The van der Waals surface area contributed by atoms with Gasteiger partial charge in [0.2, 0.25) is 0 Å². The minimum atomic E-state index is -3.78. The highest BCUT2D eigenvalue weighted by atomic mass is 32.2. The van der Waals surface area contributed by atoms with Crippen molar-refractivity contribution in [2.45, 2.75) is 17.7 Å². The first kappa shape index (κ1) is 22.4. The summed E-state index contributed by atoms with van der Waals surface area (Å²) in [4.78, 5) is 4.92. The summed E-state index contributed by atoms with van der Waals surface area (Å²) in [5, 5.41) is 9.03. The molecule has 0 unspecified atom stereocenters. The van der Waals surface area contributed by atoms with Crippen LogP contribution in [0.2, 0.25) is 0 Å². The molecule has 4 aromatic carbocycles. The molecule has 0 saturated carbocycles. The summed E-state index contributed by atoms with van der Waals surface area (Å²) in [6.45, 7) is 0. The van der Waals surface area contributed by atoms with E-state index in [-0.39, 0.29) is 4.90 Å². The Hall–Kier alpha value is -4.41. The highest BCUT2D eigenvalue weighted by Gasteiger charge is 2.15. The van der Waals surface area contributed by atoms with Gasteiger partial charge in [-0.25, -0.2) is 13.4 Å². The van der Waals surface area contributed by atoms with Crippen molar-refractivity contribution >= 4 is 26.7 Å². The van der Waals surface area contributed by atoms with Gasteiger partial charge < -0.3 is 0 Å². The third-order valence-corrected chi connectivity index (χ3v) is 7.14. The number of rotatable bonds is 7. The fourth-order valence-electron chi connectivity index (χ4n) is 4.05. The van der Waals surface area contributed by atoms with Gasteiger partial charge in [-0.05, 0) is 66.6 Å².